The molecule has 5 heteroatoms. The summed E-state index contributed by atoms with van der Waals surface area (Å²) in [5, 5.41) is 8.99. The van der Waals surface area contributed by atoms with E-state index < -0.39 is 0 Å². The number of hydrogen-bond donors (Lipinski definition) is 1. The van der Waals surface area contributed by atoms with E-state index in [0.717, 1.165) is 55.6 Å². The Morgan fingerprint density at radius 1 is 1.43 bits per heavy atom. The predicted molar refractivity (Wildman–Crippen MR) is 87.0 cm³/mol. The zero-order valence-electron chi connectivity index (χ0n) is 13.9. The van der Waals surface area contributed by atoms with Gasteiger partial charge in [0.05, 0.1) is 23.0 Å². The quantitative estimate of drug-likeness (QED) is 0.907. The SMILES string of the molecule is CCn1nc(C)c(Cl)c1CC1(CNC(C)(C)C)CCOC1. The minimum absolute atomic E-state index is 0.111. The molecule has 1 aromatic heterocycles. The van der Waals surface area contributed by atoms with Gasteiger partial charge >= 0.3 is 0 Å². The van der Waals surface area contributed by atoms with Crippen molar-refractivity contribution in [2.45, 2.75) is 59.5 Å². The van der Waals surface area contributed by atoms with Crippen molar-refractivity contribution in [2.24, 2.45) is 5.41 Å². The third-order valence-corrected chi connectivity index (χ3v) is 4.67. The van der Waals surface area contributed by atoms with Crippen LogP contribution in [0.15, 0.2) is 0 Å². The first-order valence-corrected chi connectivity index (χ1v) is 8.19. The van der Waals surface area contributed by atoms with E-state index in [1.54, 1.807) is 0 Å². The summed E-state index contributed by atoms with van der Waals surface area (Å²) in [6, 6.07) is 0. The van der Waals surface area contributed by atoms with Gasteiger partial charge in [0.25, 0.3) is 0 Å². The normalized spacial score (nSPS) is 23.0. The van der Waals surface area contributed by atoms with Crippen LogP contribution in [0.3, 0.4) is 0 Å². The number of halogens is 1. The fourth-order valence-electron chi connectivity index (χ4n) is 2.84. The minimum atomic E-state index is 0.111. The van der Waals surface area contributed by atoms with Crippen LogP contribution >= 0.6 is 11.6 Å². The second-order valence-electron chi connectivity index (χ2n) is 7.24. The van der Waals surface area contributed by atoms with Crippen LogP contribution in [0.1, 0.15) is 45.5 Å². The average molecular weight is 314 g/mol. The van der Waals surface area contributed by atoms with Gasteiger partial charge in [0.15, 0.2) is 0 Å². The third-order valence-electron chi connectivity index (χ3n) is 4.17. The standard InChI is InChI=1S/C16H28ClN3O/c1-6-20-13(14(17)12(2)19-20)9-16(7-8-21-11-16)10-18-15(3,4)5/h18H,6-11H2,1-5H3. The maximum Gasteiger partial charge on any atom is 0.0847 e. The molecule has 21 heavy (non-hydrogen) atoms. The molecule has 0 amide bonds. The van der Waals surface area contributed by atoms with Crippen LogP contribution in [0.25, 0.3) is 0 Å². The largest absolute Gasteiger partial charge is 0.381 e. The lowest BCUT2D eigenvalue weighted by atomic mass is 9.81. The Kier molecular flexibility index (Phi) is 5.01. The van der Waals surface area contributed by atoms with Crippen LogP contribution in [0.5, 0.6) is 0 Å². The van der Waals surface area contributed by atoms with Gasteiger partial charge in [0, 0.05) is 30.7 Å². The summed E-state index contributed by atoms with van der Waals surface area (Å²) in [7, 11) is 0. The van der Waals surface area contributed by atoms with Crippen molar-refractivity contribution in [3.63, 3.8) is 0 Å². The van der Waals surface area contributed by atoms with Gasteiger partial charge in [-0.2, -0.15) is 5.10 Å². The van der Waals surface area contributed by atoms with Crippen LogP contribution in [-0.2, 0) is 17.7 Å². The zero-order valence-corrected chi connectivity index (χ0v) is 14.7. The highest BCUT2D eigenvalue weighted by molar-refractivity contribution is 6.31. The van der Waals surface area contributed by atoms with E-state index in [9.17, 15) is 0 Å². The third kappa shape index (κ3) is 3.99. The summed E-state index contributed by atoms with van der Waals surface area (Å²) in [6.07, 6.45) is 1.99. The molecule has 1 saturated heterocycles. The first kappa shape index (κ1) is 16.8. The van der Waals surface area contributed by atoms with Gasteiger partial charge in [0.1, 0.15) is 0 Å². The molecule has 0 aliphatic carbocycles. The molecule has 4 nitrogen and oxygen atoms in total. The number of nitrogens with zero attached hydrogens (tertiary/aromatic N) is 2. The second kappa shape index (κ2) is 6.27. The van der Waals surface area contributed by atoms with Crippen molar-refractivity contribution >= 4 is 11.6 Å². The van der Waals surface area contributed by atoms with Crippen molar-refractivity contribution in [1.29, 1.82) is 0 Å². The van der Waals surface area contributed by atoms with Crippen LogP contribution in [0.4, 0.5) is 0 Å². The molecule has 120 valence electrons. The molecule has 1 fully saturated rings. The Morgan fingerprint density at radius 2 is 2.14 bits per heavy atom. The van der Waals surface area contributed by atoms with Gasteiger partial charge in [-0.15, -0.1) is 0 Å². The van der Waals surface area contributed by atoms with E-state index in [0.29, 0.717) is 0 Å². The molecule has 1 aromatic rings. The van der Waals surface area contributed by atoms with Gasteiger partial charge in [-0.1, -0.05) is 11.6 Å². The lowest BCUT2D eigenvalue weighted by molar-refractivity contribution is 0.142. The Labute approximate surface area is 133 Å². The van der Waals surface area contributed by atoms with E-state index in [1.807, 2.05) is 11.6 Å². The predicted octanol–water partition coefficient (Wildman–Crippen LogP) is 3.20. The lowest BCUT2D eigenvalue weighted by Gasteiger charge is -2.32. The topological polar surface area (TPSA) is 39.1 Å². The maximum atomic E-state index is 6.48. The van der Waals surface area contributed by atoms with E-state index in [4.69, 9.17) is 16.3 Å². The molecule has 1 atom stereocenters. The Bertz CT molecular complexity index is 484. The number of ether oxygens (including phenoxy) is 1. The Balaban J connectivity index is 2.20. The number of aryl methyl sites for hydroxylation is 2. The van der Waals surface area contributed by atoms with E-state index in [2.05, 4.69) is 38.1 Å². The highest BCUT2D eigenvalue weighted by Crippen LogP contribution is 2.35. The Hall–Kier alpha value is -0.580. The summed E-state index contributed by atoms with van der Waals surface area (Å²) in [6.45, 7) is 14.1. The summed E-state index contributed by atoms with van der Waals surface area (Å²) in [5.41, 5.74) is 2.31. The van der Waals surface area contributed by atoms with Gasteiger partial charge < -0.3 is 10.1 Å². The van der Waals surface area contributed by atoms with Crippen LogP contribution in [0.2, 0.25) is 5.02 Å². The molecule has 0 bridgehead atoms. The summed E-state index contributed by atoms with van der Waals surface area (Å²) < 4.78 is 7.74. The van der Waals surface area contributed by atoms with Crippen LogP contribution < -0.4 is 5.32 Å². The Morgan fingerprint density at radius 3 is 2.67 bits per heavy atom. The highest BCUT2D eigenvalue weighted by Gasteiger charge is 2.37. The molecule has 0 radical (unpaired) electrons. The van der Waals surface area contributed by atoms with Crippen molar-refractivity contribution in [2.75, 3.05) is 19.8 Å². The molecule has 2 heterocycles. The van der Waals surface area contributed by atoms with Crippen molar-refractivity contribution in [3.05, 3.63) is 16.4 Å². The average Bonchev–Trinajstić information content (AvgIpc) is 2.97. The number of rotatable bonds is 5. The molecule has 0 aromatic carbocycles. The van der Waals surface area contributed by atoms with Gasteiger partial charge in [0.2, 0.25) is 0 Å². The minimum Gasteiger partial charge on any atom is -0.381 e. The van der Waals surface area contributed by atoms with Gasteiger partial charge in [-0.3, -0.25) is 4.68 Å². The number of nitrogens with one attached hydrogen (secondary N) is 1. The van der Waals surface area contributed by atoms with Crippen LogP contribution in [0, 0.1) is 12.3 Å². The second-order valence-corrected chi connectivity index (χ2v) is 7.62. The number of hydrogen-bond acceptors (Lipinski definition) is 3. The lowest BCUT2D eigenvalue weighted by Crippen LogP contribution is -2.45. The molecular weight excluding hydrogens is 286 g/mol. The first-order valence-electron chi connectivity index (χ1n) is 7.81. The smallest absolute Gasteiger partial charge is 0.0847 e. The number of aromatic nitrogens is 2. The maximum absolute atomic E-state index is 6.48. The first-order chi connectivity index (χ1) is 9.76. The van der Waals surface area contributed by atoms with E-state index in [-0.39, 0.29) is 11.0 Å². The monoisotopic (exact) mass is 313 g/mol. The van der Waals surface area contributed by atoms with E-state index in [1.165, 1.54) is 0 Å². The summed E-state index contributed by atoms with van der Waals surface area (Å²) >= 11 is 6.48. The molecule has 1 aliphatic rings. The van der Waals surface area contributed by atoms with Gasteiger partial charge in [-0.25, -0.2) is 0 Å². The fraction of sp³-hybridized carbons (Fsp3) is 0.812. The fourth-order valence-corrected chi connectivity index (χ4v) is 3.04. The summed E-state index contributed by atoms with van der Waals surface area (Å²) in [4.78, 5) is 0. The molecule has 0 spiro atoms. The molecular formula is C16H28ClN3O. The van der Waals surface area contributed by atoms with E-state index >= 15 is 0 Å². The van der Waals surface area contributed by atoms with Crippen molar-refractivity contribution in [3.8, 4) is 0 Å². The molecule has 0 saturated carbocycles. The highest BCUT2D eigenvalue weighted by atomic mass is 35.5. The molecule has 1 N–H and O–H groups in total. The zero-order chi connectivity index (χ0) is 15.7. The van der Waals surface area contributed by atoms with Crippen molar-refractivity contribution < 1.29 is 4.74 Å². The van der Waals surface area contributed by atoms with Crippen molar-refractivity contribution in [1.82, 2.24) is 15.1 Å². The van der Waals surface area contributed by atoms with Crippen LogP contribution in [-0.4, -0.2) is 35.1 Å². The molecule has 1 aliphatic heterocycles. The summed E-state index contributed by atoms with van der Waals surface area (Å²) in [5.74, 6) is 0. The molecule has 2 rings (SSSR count). The van der Waals surface area contributed by atoms with Gasteiger partial charge in [-0.05, 0) is 47.5 Å². The molecule has 1 unspecified atom stereocenters.